The number of nitrogens with one attached hydrogen (secondary N) is 2. The Morgan fingerprint density at radius 3 is 2.12 bits per heavy atom. The van der Waals surface area contributed by atoms with E-state index in [1.165, 1.54) is 4.90 Å². The van der Waals surface area contributed by atoms with Gasteiger partial charge in [0.15, 0.2) is 0 Å². The standard InChI is InChI=1S/C32H37N3O5/c1-8-21-13-15-23(16-14-21)27(28(37)33-25-18-17-22-11-9-10-12-24(22)19-25)35(31(2,3)4)29(38)26(20-36)34-30(39)40-32(5,6)7/h1,9-19,26-27,36H,20H2,2-7H3,(H,33,37)(H,34,39). The zero-order chi connectivity index (χ0) is 29.7. The molecule has 3 amide bonds. The molecule has 210 valence electrons. The normalized spacial score (nSPS) is 13.1. The minimum Gasteiger partial charge on any atom is -0.444 e. The minimum absolute atomic E-state index is 0.471. The van der Waals surface area contributed by atoms with Crippen molar-refractivity contribution < 1.29 is 24.2 Å². The van der Waals surface area contributed by atoms with Crippen LogP contribution in [-0.4, -0.2) is 51.7 Å². The van der Waals surface area contributed by atoms with E-state index in [2.05, 4.69) is 16.6 Å². The molecule has 0 aliphatic heterocycles. The van der Waals surface area contributed by atoms with E-state index in [0.717, 1.165) is 10.8 Å². The number of alkyl carbamates (subject to hydrolysis) is 1. The molecule has 0 heterocycles. The van der Waals surface area contributed by atoms with Gasteiger partial charge in [0.1, 0.15) is 17.7 Å². The number of benzene rings is 3. The van der Waals surface area contributed by atoms with E-state index >= 15 is 0 Å². The summed E-state index contributed by atoms with van der Waals surface area (Å²) < 4.78 is 5.29. The maximum absolute atomic E-state index is 14.0. The van der Waals surface area contributed by atoms with Gasteiger partial charge >= 0.3 is 6.09 Å². The number of carbonyl (C=O) groups excluding carboxylic acids is 3. The monoisotopic (exact) mass is 543 g/mol. The van der Waals surface area contributed by atoms with E-state index in [0.29, 0.717) is 16.8 Å². The number of amides is 3. The van der Waals surface area contributed by atoms with Crippen LogP contribution in [0.4, 0.5) is 10.5 Å². The zero-order valence-electron chi connectivity index (χ0n) is 23.8. The van der Waals surface area contributed by atoms with E-state index in [1.807, 2.05) is 36.4 Å². The van der Waals surface area contributed by atoms with Gasteiger partial charge in [0.2, 0.25) is 5.91 Å². The molecule has 0 aromatic heterocycles. The Kier molecular flexibility index (Phi) is 9.23. The molecule has 0 aliphatic rings. The van der Waals surface area contributed by atoms with Crippen LogP contribution in [0.1, 0.15) is 58.7 Å². The molecule has 0 saturated heterocycles. The predicted octanol–water partition coefficient (Wildman–Crippen LogP) is 5.01. The molecule has 2 atom stereocenters. The van der Waals surface area contributed by atoms with E-state index < -0.39 is 47.7 Å². The van der Waals surface area contributed by atoms with Gasteiger partial charge in [0.25, 0.3) is 5.91 Å². The van der Waals surface area contributed by atoms with Gasteiger partial charge in [0, 0.05) is 16.8 Å². The van der Waals surface area contributed by atoms with Crippen LogP contribution >= 0.6 is 0 Å². The summed E-state index contributed by atoms with van der Waals surface area (Å²) in [6, 6.07) is 17.6. The Morgan fingerprint density at radius 2 is 1.57 bits per heavy atom. The molecule has 0 aliphatic carbocycles. The Labute approximate surface area is 235 Å². The molecule has 3 N–H and O–H groups in total. The summed E-state index contributed by atoms with van der Waals surface area (Å²) >= 11 is 0. The summed E-state index contributed by atoms with van der Waals surface area (Å²) in [6.45, 7) is 9.71. The highest BCUT2D eigenvalue weighted by Gasteiger charge is 2.41. The molecule has 0 fully saturated rings. The Balaban J connectivity index is 2.04. The van der Waals surface area contributed by atoms with Crippen molar-refractivity contribution in [2.75, 3.05) is 11.9 Å². The van der Waals surface area contributed by atoms with Gasteiger partial charge in [-0.15, -0.1) is 6.42 Å². The highest BCUT2D eigenvalue weighted by atomic mass is 16.6. The van der Waals surface area contributed by atoms with Crippen LogP contribution in [0.25, 0.3) is 10.8 Å². The van der Waals surface area contributed by atoms with Crippen LogP contribution in [0.15, 0.2) is 66.7 Å². The minimum atomic E-state index is -1.35. The maximum atomic E-state index is 14.0. The van der Waals surface area contributed by atoms with E-state index in [1.54, 1.807) is 71.9 Å². The van der Waals surface area contributed by atoms with Gasteiger partial charge in [-0.05, 0) is 82.1 Å². The third kappa shape index (κ3) is 7.61. The van der Waals surface area contributed by atoms with Gasteiger partial charge in [0.05, 0.1) is 6.61 Å². The van der Waals surface area contributed by atoms with Crippen LogP contribution in [0.5, 0.6) is 0 Å². The quantitative estimate of drug-likeness (QED) is 0.363. The molecule has 3 aromatic carbocycles. The number of nitrogens with zero attached hydrogens (tertiary/aromatic N) is 1. The van der Waals surface area contributed by atoms with Gasteiger partial charge in [-0.2, -0.15) is 0 Å². The van der Waals surface area contributed by atoms with Crippen molar-refractivity contribution >= 4 is 34.4 Å². The van der Waals surface area contributed by atoms with Crippen molar-refractivity contribution in [1.82, 2.24) is 10.2 Å². The Hall–Kier alpha value is -4.35. The van der Waals surface area contributed by atoms with E-state index in [9.17, 15) is 19.5 Å². The van der Waals surface area contributed by atoms with Crippen molar-refractivity contribution in [2.24, 2.45) is 0 Å². The molecule has 40 heavy (non-hydrogen) atoms. The van der Waals surface area contributed by atoms with E-state index in [-0.39, 0.29) is 0 Å². The van der Waals surface area contributed by atoms with Crippen molar-refractivity contribution in [1.29, 1.82) is 0 Å². The molecule has 0 radical (unpaired) electrons. The SMILES string of the molecule is C#Cc1ccc(C(C(=O)Nc2ccc3ccccc3c2)N(C(=O)C(CO)NC(=O)OC(C)(C)C)C(C)(C)C)cc1. The molecule has 3 rings (SSSR count). The zero-order valence-corrected chi connectivity index (χ0v) is 23.8. The molecular formula is C32H37N3O5. The number of hydrogen-bond acceptors (Lipinski definition) is 5. The largest absolute Gasteiger partial charge is 0.444 e. The van der Waals surface area contributed by atoms with Gasteiger partial charge < -0.3 is 25.4 Å². The van der Waals surface area contributed by atoms with Crippen LogP contribution < -0.4 is 10.6 Å². The number of terminal acetylenes is 1. The first kappa shape index (κ1) is 30.2. The number of anilines is 1. The van der Waals surface area contributed by atoms with Gasteiger partial charge in [-0.1, -0.05) is 48.4 Å². The molecule has 0 saturated carbocycles. The van der Waals surface area contributed by atoms with Crippen molar-refractivity contribution in [3.05, 3.63) is 77.9 Å². The highest BCUT2D eigenvalue weighted by molar-refractivity contribution is 6.00. The molecule has 8 nitrogen and oxygen atoms in total. The first-order valence-electron chi connectivity index (χ1n) is 13.0. The number of carbonyl (C=O) groups is 3. The second-order valence-corrected chi connectivity index (χ2v) is 11.5. The third-order valence-corrected chi connectivity index (χ3v) is 6.05. The summed E-state index contributed by atoms with van der Waals surface area (Å²) in [6.07, 6.45) is 4.68. The molecule has 0 bridgehead atoms. The fourth-order valence-electron chi connectivity index (χ4n) is 4.31. The number of hydrogen-bond donors (Lipinski definition) is 3. The Bertz CT molecular complexity index is 1410. The molecule has 8 heteroatoms. The van der Waals surface area contributed by atoms with Crippen molar-refractivity contribution in [2.45, 2.75) is 64.8 Å². The highest BCUT2D eigenvalue weighted by Crippen LogP contribution is 2.31. The lowest BCUT2D eigenvalue weighted by atomic mass is 9.94. The molecule has 0 spiro atoms. The summed E-state index contributed by atoms with van der Waals surface area (Å²) in [7, 11) is 0. The number of aliphatic hydroxyl groups excluding tert-OH is 1. The summed E-state index contributed by atoms with van der Waals surface area (Å²) in [5.74, 6) is 1.43. The lowest BCUT2D eigenvalue weighted by molar-refractivity contribution is -0.147. The van der Waals surface area contributed by atoms with Crippen molar-refractivity contribution in [3.8, 4) is 12.3 Å². The fraction of sp³-hybridized carbons (Fsp3) is 0.344. The second-order valence-electron chi connectivity index (χ2n) is 11.5. The van der Waals surface area contributed by atoms with Gasteiger partial charge in [-0.25, -0.2) is 4.79 Å². The topological polar surface area (TPSA) is 108 Å². The average Bonchev–Trinajstić information content (AvgIpc) is 2.88. The third-order valence-electron chi connectivity index (χ3n) is 6.05. The van der Waals surface area contributed by atoms with E-state index in [4.69, 9.17) is 11.2 Å². The number of rotatable bonds is 7. The summed E-state index contributed by atoms with van der Waals surface area (Å²) in [4.78, 5) is 41.8. The van der Waals surface area contributed by atoms with Crippen LogP contribution in [0, 0.1) is 12.3 Å². The lowest BCUT2D eigenvalue weighted by Gasteiger charge is -2.42. The summed E-state index contributed by atoms with van der Waals surface area (Å²) in [5, 5.41) is 17.5. The lowest BCUT2D eigenvalue weighted by Crippen LogP contribution is -2.59. The predicted molar refractivity (Wildman–Crippen MR) is 157 cm³/mol. The van der Waals surface area contributed by atoms with Crippen LogP contribution in [0.3, 0.4) is 0 Å². The van der Waals surface area contributed by atoms with Gasteiger partial charge in [-0.3, -0.25) is 9.59 Å². The fourth-order valence-corrected chi connectivity index (χ4v) is 4.31. The summed E-state index contributed by atoms with van der Waals surface area (Å²) in [5.41, 5.74) is -0.0324. The second kappa shape index (κ2) is 12.2. The maximum Gasteiger partial charge on any atom is 0.408 e. The van der Waals surface area contributed by atoms with Crippen LogP contribution in [0.2, 0.25) is 0 Å². The molecule has 3 aromatic rings. The van der Waals surface area contributed by atoms with Crippen LogP contribution in [-0.2, 0) is 14.3 Å². The first-order valence-corrected chi connectivity index (χ1v) is 13.0. The average molecular weight is 544 g/mol. The molecular weight excluding hydrogens is 506 g/mol. The Morgan fingerprint density at radius 1 is 0.950 bits per heavy atom. The number of aliphatic hydroxyl groups is 1. The van der Waals surface area contributed by atoms with Crippen molar-refractivity contribution in [3.63, 3.8) is 0 Å². The number of ether oxygens (including phenoxy) is 1. The molecule has 2 unspecified atom stereocenters. The first-order chi connectivity index (χ1) is 18.7. The number of fused-ring (bicyclic) bond motifs is 1. The smallest absolute Gasteiger partial charge is 0.408 e.